The van der Waals surface area contributed by atoms with Crippen LogP contribution >= 0.6 is 11.6 Å². The predicted molar refractivity (Wildman–Crippen MR) is 128 cm³/mol. The van der Waals surface area contributed by atoms with E-state index in [9.17, 15) is 14.4 Å². The van der Waals surface area contributed by atoms with Crippen LogP contribution in [0, 0.1) is 0 Å². The van der Waals surface area contributed by atoms with Crippen LogP contribution in [0.2, 0.25) is 5.02 Å². The second-order valence-electron chi connectivity index (χ2n) is 7.83. The number of rotatable bonds is 8. The minimum Gasteiger partial charge on any atom is -0.376 e. The van der Waals surface area contributed by atoms with Gasteiger partial charge in [0.05, 0.1) is 17.3 Å². The van der Waals surface area contributed by atoms with E-state index in [4.69, 9.17) is 11.6 Å². The number of nitrogens with zero attached hydrogens (tertiary/aromatic N) is 1. The second-order valence-corrected chi connectivity index (χ2v) is 8.24. The van der Waals surface area contributed by atoms with Crippen molar-refractivity contribution in [2.45, 2.75) is 39.0 Å². The first-order valence-electron chi connectivity index (χ1n) is 11.0. The normalized spacial score (nSPS) is 13.4. The number of nitrogens with one attached hydrogen (secondary N) is 3. The number of hydrogen-bond donors (Lipinski definition) is 3. The number of carbonyl (C=O) groups is 3. The standard InChI is InChI=1S/C24H29ClN4O3/c1-2-7-22(30)27-19-10-11-20(25)21(15-19)28-23(31)16-26-18-9-6-8-17(14-18)24(32)29-12-4-3-5-13-29/h6,8-11,14-15,26H,2-5,7,12-13,16H2,1H3,(H,27,30)(H,28,31). The van der Waals surface area contributed by atoms with Crippen molar-refractivity contribution in [2.75, 3.05) is 35.6 Å². The number of carbonyl (C=O) groups excluding carboxylic acids is 3. The van der Waals surface area contributed by atoms with Crippen molar-refractivity contribution in [3.05, 3.63) is 53.1 Å². The monoisotopic (exact) mass is 456 g/mol. The van der Waals surface area contributed by atoms with Crippen LogP contribution in [0.3, 0.4) is 0 Å². The van der Waals surface area contributed by atoms with Crippen LogP contribution in [0.1, 0.15) is 49.4 Å². The predicted octanol–water partition coefficient (Wildman–Crippen LogP) is 4.76. The number of amides is 3. The Bertz CT molecular complexity index is 973. The Balaban J connectivity index is 1.57. The molecule has 1 heterocycles. The molecule has 0 atom stereocenters. The van der Waals surface area contributed by atoms with Crippen LogP contribution in [-0.2, 0) is 9.59 Å². The third-order valence-electron chi connectivity index (χ3n) is 5.21. The maximum Gasteiger partial charge on any atom is 0.253 e. The Hall–Kier alpha value is -3.06. The van der Waals surface area contributed by atoms with Crippen LogP contribution in [0.5, 0.6) is 0 Å². The molecule has 3 N–H and O–H groups in total. The van der Waals surface area contributed by atoms with Crippen LogP contribution in [-0.4, -0.2) is 42.3 Å². The Morgan fingerprint density at radius 1 is 0.938 bits per heavy atom. The minimum absolute atomic E-state index is 0.00408. The molecule has 2 aromatic carbocycles. The summed E-state index contributed by atoms with van der Waals surface area (Å²) in [7, 11) is 0. The Morgan fingerprint density at radius 2 is 1.72 bits per heavy atom. The Kier molecular flexibility index (Phi) is 8.50. The summed E-state index contributed by atoms with van der Waals surface area (Å²) in [5.74, 6) is -0.365. The van der Waals surface area contributed by atoms with Gasteiger partial charge in [0.25, 0.3) is 5.91 Å². The van der Waals surface area contributed by atoms with Gasteiger partial charge < -0.3 is 20.9 Å². The molecule has 1 fully saturated rings. The lowest BCUT2D eigenvalue weighted by atomic mass is 10.1. The molecule has 0 unspecified atom stereocenters. The summed E-state index contributed by atoms with van der Waals surface area (Å²) < 4.78 is 0. The Morgan fingerprint density at radius 3 is 2.47 bits per heavy atom. The quantitative estimate of drug-likeness (QED) is 0.534. The number of anilines is 3. The lowest BCUT2D eigenvalue weighted by molar-refractivity contribution is -0.116. The van der Waals surface area contributed by atoms with Crippen molar-refractivity contribution in [2.24, 2.45) is 0 Å². The fraction of sp³-hybridized carbons (Fsp3) is 0.375. The van der Waals surface area contributed by atoms with Gasteiger partial charge in [-0.05, 0) is 62.1 Å². The average molecular weight is 457 g/mol. The summed E-state index contributed by atoms with van der Waals surface area (Å²) >= 11 is 6.19. The zero-order valence-electron chi connectivity index (χ0n) is 18.2. The minimum atomic E-state index is -0.295. The third kappa shape index (κ3) is 6.72. The second kappa shape index (κ2) is 11.5. The number of hydrogen-bond acceptors (Lipinski definition) is 4. The first-order valence-corrected chi connectivity index (χ1v) is 11.4. The number of piperidine rings is 1. The first-order chi connectivity index (χ1) is 15.5. The Labute approximate surface area is 193 Å². The highest BCUT2D eigenvalue weighted by molar-refractivity contribution is 6.33. The van der Waals surface area contributed by atoms with E-state index in [2.05, 4.69) is 16.0 Å². The molecular weight excluding hydrogens is 428 g/mol. The highest BCUT2D eigenvalue weighted by Gasteiger charge is 2.18. The third-order valence-corrected chi connectivity index (χ3v) is 5.54. The first kappa shape index (κ1) is 23.6. The molecule has 3 rings (SSSR count). The van der Waals surface area contributed by atoms with Gasteiger partial charge in [-0.3, -0.25) is 14.4 Å². The van der Waals surface area contributed by atoms with E-state index in [1.165, 1.54) is 6.42 Å². The van der Waals surface area contributed by atoms with Crippen molar-refractivity contribution in [1.82, 2.24) is 4.90 Å². The summed E-state index contributed by atoms with van der Waals surface area (Å²) in [5, 5.41) is 8.97. The van der Waals surface area contributed by atoms with Gasteiger partial charge in [0.15, 0.2) is 0 Å². The summed E-state index contributed by atoms with van der Waals surface area (Å²) in [6, 6.07) is 12.1. The lowest BCUT2D eigenvalue weighted by Crippen LogP contribution is -2.35. The van der Waals surface area contributed by atoms with E-state index in [-0.39, 0.29) is 24.3 Å². The molecular formula is C24H29ClN4O3. The van der Waals surface area contributed by atoms with Crippen LogP contribution in [0.15, 0.2) is 42.5 Å². The average Bonchev–Trinajstić information content (AvgIpc) is 2.80. The molecule has 1 saturated heterocycles. The van der Waals surface area contributed by atoms with Gasteiger partial charge in [-0.15, -0.1) is 0 Å². The zero-order chi connectivity index (χ0) is 22.9. The van der Waals surface area contributed by atoms with Crippen molar-refractivity contribution in [3.63, 3.8) is 0 Å². The molecule has 0 radical (unpaired) electrons. The number of halogens is 1. The van der Waals surface area contributed by atoms with E-state index >= 15 is 0 Å². The van der Waals surface area contributed by atoms with E-state index < -0.39 is 0 Å². The molecule has 0 saturated carbocycles. The maximum absolute atomic E-state index is 12.7. The molecule has 1 aliphatic heterocycles. The molecule has 0 aromatic heterocycles. The molecule has 7 nitrogen and oxygen atoms in total. The van der Waals surface area contributed by atoms with Gasteiger partial charge >= 0.3 is 0 Å². The smallest absolute Gasteiger partial charge is 0.253 e. The van der Waals surface area contributed by atoms with Crippen LogP contribution < -0.4 is 16.0 Å². The van der Waals surface area contributed by atoms with Crippen LogP contribution in [0.4, 0.5) is 17.1 Å². The molecule has 170 valence electrons. The largest absolute Gasteiger partial charge is 0.376 e. The van der Waals surface area contributed by atoms with Gasteiger partial charge in [-0.2, -0.15) is 0 Å². The summed E-state index contributed by atoms with van der Waals surface area (Å²) in [6.45, 7) is 3.51. The van der Waals surface area contributed by atoms with Crippen LogP contribution in [0.25, 0.3) is 0 Å². The molecule has 2 aromatic rings. The van der Waals surface area contributed by atoms with Crippen molar-refractivity contribution < 1.29 is 14.4 Å². The summed E-state index contributed by atoms with van der Waals surface area (Å²) in [6.07, 6.45) is 4.41. The highest BCUT2D eigenvalue weighted by Crippen LogP contribution is 2.26. The van der Waals surface area contributed by atoms with Gasteiger partial charge in [-0.25, -0.2) is 0 Å². The van der Waals surface area contributed by atoms with E-state index in [0.29, 0.717) is 34.1 Å². The van der Waals surface area contributed by atoms with Crippen molar-refractivity contribution >= 4 is 46.4 Å². The number of likely N-dealkylation sites (tertiary alicyclic amines) is 1. The molecule has 8 heteroatoms. The molecule has 32 heavy (non-hydrogen) atoms. The van der Waals surface area contributed by atoms with Gasteiger partial charge in [0.2, 0.25) is 11.8 Å². The van der Waals surface area contributed by atoms with Crippen molar-refractivity contribution in [3.8, 4) is 0 Å². The number of benzene rings is 2. The topological polar surface area (TPSA) is 90.5 Å². The molecule has 0 spiro atoms. The van der Waals surface area contributed by atoms with E-state index in [1.54, 1.807) is 36.4 Å². The molecule has 0 bridgehead atoms. The van der Waals surface area contributed by atoms with E-state index in [0.717, 1.165) is 32.4 Å². The van der Waals surface area contributed by atoms with Gasteiger partial charge in [-0.1, -0.05) is 24.6 Å². The molecule has 0 aliphatic carbocycles. The SMILES string of the molecule is CCCC(=O)Nc1ccc(Cl)c(NC(=O)CNc2cccc(C(=O)N3CCCCC3)c2)c1. The highest BCUT2D eigenvalue weighted by atomic mass is 35.5. The van der Waals surface area contributed by atoms with Crippen molar-refractivity contribution in [1.29, 1.82) is 0 Å². The van der Waals surface area contributed by atoms with E-state index in [1.807, 2.05) is 17.9 Å². The fourth-order valence-electron chi connectivity index (χ4n) is 3.57. The zero-order valence-corrected chi connectivity index (χ0v) is 19.0. The summed E-state index contributed by atoms with van der Waals surface area (Å²) in [4.78, 5) is 38.8. The van der Waals surface area contributed by atoms with Gasteiger partial charge in [0.1, 0.15) is 0 Å². The maximum atomic E-state index is 12.7. The fourth-order valence-corrected chi connectivity index (χ4v) is 3.73. The summed E-state index contributed by atoms with van der Waals surface area (Å²) in [5.41, 5.74) is 2.28. The van der Waals surface area contributed by atoms with Gasteiger partial charge in [0, 0.05) is 36.4 Å². The molecule has 1 aliphatic rings. The molecule has 3 amide bonds. The lowest BCUT2D eigenvalue weighted by Gasteiger charge is -2.26.